The van der Waals surface area contributed by atoms with Crippen LogP contribution in [0.15, 0.2) is 12.1 Å². The van der Waals surface area contributed by atoms with Crippen molar-refractivity contribution in [2.24, 2.45) is 11.1 Å². The fourth-order valence-corrected chi connectivity index (χ4v) is 3.53. The molecule has 1 atom stereocenters. The highest BCUT2D eigenvalue weighted by Crippen LogP contribution is 2.45. The maximum absolute atomic E-state index is 12.8. The molecule has 1 aliphatic heterocycles. The summed E-state index contributed by atoms with van der Waals surface area (Å²) in [5.41, 5.74) is 3.38. The van der Waals surface area contributed by atoms with E-state index in [2.05, 4.69) is 0 Å². The summed E-state index contributed by atoms with van der Waals surface area (Å²) in [5.74, 6) is -0.248. The summed E-state index contributed by atoms with van der Waals surface area (Å²) in [4.78, 5) is 25.6. The zero-order valence-electron chi connectivity index (χ0n) is 11.6. The fraction of sp³-hybridized carbons (Fsp3) is 0.538. The van der Waals surface area contributed by atoms with Gasteiger partial charge in [0.15, 0.2) is 5.60 Å². The number of halogens is 1. The highest BCUT2D eigenvalue weighted by molar-refractivity contribution is 7.20. The van der Waals surface area contributed by atoms with Crippen molar-refractivity contribution in [2.75, 3.05) is 11.4 Å². The van der Waals surface area contributed by atoms with Gasteiger partial charge in [-0.15, -0.1) is 11.3 Å². The minimum Gasteiger partial charge on any atom is -0.432 e. The molecule has 1 aliphatic rings. The van der Waals surface area contributed by atoms with Crippen LogP contribution in [0.5, 0.6) is 0 Å². The molecule has 2 N–H and O–H groups in total. The second kappa shape index (κ2) is 4.93. The fourth-order valence-electron chi connectivity index (χ4n) is 2.47. The Balaban J connectivity index is 2.37. The van der Waals surface area contributed by atoms with Gasteiger partial charge < -0.3 is 15.4 Å². The molecule has 1 saturated heterocycles. The normalized spacial score (nSPS) is 23.2. The van der Waals surface area contributed by atoms with Gasteiger partial charge in [-0.1, -0.05) is 32.4 Å². The summed E-state index contributed by atoms with van der Waals surface area (Å²) >= 11 is 7.22. The number of thiophene rings is 1. The number of carbonyl (C=O) groups excluding carboxylic acids is 2. The Bertz CT molecular complexity index is 552. The largest absolute Gasteiger partial charge is 0.432 e. The number of hydrogen-bond donors (Lipinski definition) is 1. The second-order valence-electron chi connectivity index (χ2n) is 5.78. The average Bonchev–Trinajstić information content (AvgIpc) is 2.84. The third-order valence-corrected chi connectivity index (χ3v) is 4.84. The lowest BCUT2D eigenvalue weighted by Gasteiger charge is -2.38. The third kappa shape index (κ3) is 2.38. The molecular weight excluding hydrogens is 300 g/mol. The maximum atomic E-state index is 12.8. The van der Waals surface area contributed by atoms with E-state index >= 15 is 0 Å². The van der Waals surface area contributed by atoms with Gasteiger partial charge in [0, 0.05) is 18.4 Å². The highest BCUT2D eigenvalue weighted by Gasteiger charge is 2.58. The molecule has 20 heavy (non-hydrogen) atoms. The van der Waals surface area contributed by atoms with Crippen LogP contribution in [0.4, 0.5) is 9.80 Å². The molecule has 2 heterocycles. The van der Waals surface area contributed by atoms with Gasteiger partial charge in [0.05, 0.1) is 9.34 Å². The molecule has 1 aromatic heterocycles. The molecule has 7 heteroatoms. The van der Waals surface area contributed by atoms with Crippen LogP contribution in [0.25, 0.3) is 0 Å². The smallest absolute Gasteiger partial charge is 0.405 e. The first-order chi connectivity index (χ1) is 9.17. The van der Waals surface area contributed by atoms with E-state index in [-0.39, 0.29) is 5.91 Å². The number of rotatable bonds is 2. The average molecular weight is 317 g/mol. The number of amides is 2. The summed E-state index contributed by atoms with van der Waals surface area (Å²) in [6.07, 6.45) is -0.521. The lowest BCUT2D eigenvalue weighted by Crippen LogP contribution is -2.53. The lowest BCUT2D eigenvalue weighted by atomic mass is 9.75. The Morgan fingerprint density at radius 3 is 2.60 bits per heavy atom. The van der Waals surface area contributed by atoms with Gasteiger partial charge in [-0.2, -0.15) is 0 Å². The number of anilines is 1. The van der Waals surface area contributed by atoms with E-state index in [0.717, 1.165) is 5.00 Å². The summed E-state index contributed by atoms with van der Waals surface area (Å²) in [6.45, 7) is 6.05. The molecule has 1 fully saturated rings. The minimum atomic E-state index is -1.23. The van der Waals surface area contributed by atoms with Crippen molar-refractivity contribution < 1.29 is 14.3 Å². The van der Waals surface area contributed by atoms with Crippen molar-refractivity contribution >= 4 is 39.9 Å². The topological polar surface area (TPSA) is 72.6 Å². The van der Waals surface area contributed by atoms with Crippen LogP contribution >= 0.6 is 22.9 Å². The first-order valence-electron chi connectivity index (χ1n) is 6.23. The Labute approximate surface area is 126 Å². The lowest BCUT2D eigenvalue weighted by molar-refractivity contribution is -0.144. The van der Waals surface area contributed by atoms with E-state index in [4.69, 9.17) is 22.1 Å². The van der Waals surface area contributed by atoms with E-state index in [9.17, 15) is 9.59 Å². The van der Waals surface area contributed by atoms with E-state index in [1.807, 2.05) is 20.8 Å². The van der Waals surface area contributed by atoms with Crippen molar-refractivity contribution in [3.63, 3.8) is 0 Å². The summed E-state index contributed by atoms with van der Waals surface area (Å²) in [5, 5.41) is 0.749. The zero-order valence-corrected chi connectivity index (χ0v) is 13.2. The van der Waals surface area contributed by atoms with E-state index in [1.165, 1.54) is 11.3 Å². The number of nitrogens with zero attached hydrogens (tertiary/aromatic N) is 1. The predicted molar refractivity (Wildman–Crippen MR) is 79.2 cm³/mol. The van der Waals surface area contributed by atoms with Gasteiger partial charge in [-0.25, -0.2) is 4.79 Å². The maximum Gasteiger partial charge on any atom is 0.405 e. The second-order valence-corrected chi connectivity index (χ2v) is 7.48. The number of ether oxygens (including phenoxy) is 1. The van der Waals surface area contributed by atoms with E-state index < -0.39 is 17.1 Å². The minimum absolute atomic E-state index is 0.248. The summed E-state index contributed by atoms with van der Waals surface area (Å²) in [7, 11) is 0. The molecule has 2 amide bonds. The Morgan fingerprint density at radius 2 is 2.15 bits per heavy atom. The monoisotopic (exact) mass is 316 g/mol. The van der Waals surface area contributed by atoms with Crippen LogP contribution in [-0.2, 0) is 9.53 Å². The van der Waals surface area contributed by atoms with Crippen LogP contribution in [-0.4, -0.2) is 24.1 Å². The van der Waals surface area contributed by atoms with E-state index in [0.29, 0.717) is 17.3 Å². The highest BCUT2D eigenvalue weighted by atomic mass is 35.5. The SMILES string of the molecule is CC(C)(C)C1(OC(N)=O)CCN(c2ccc(Cl)s2)C1=O. The Morgan fingerprint density at radius 1 is 1.50 bits per heavy atom. The molecule has 1 aromatic rings. The van der Waals surface area contributed by atoms with Crippen molar-refractivity contribution in [3.05, 3.63) is 16.5 Å². The molecule has 0 aliphatic carbocycles. The van der Waals surface area contributed by atoms with Crippen molar-refractivity contribution in [3.8, 4) is 0 Å². The van der Waals surface area contributed by atoms with Crippen LogP contribution in [0.2, 0.25) is 4.34 Å². The Kier molecular flexibility index (Phi) is 3.73. The molecular formula is C13H17ClN2O3S. The van der Waals surface area contributed by atoms with Crippen molar-refractivity contribution in [2.45, 2.75) is 32.8 Å². The molecule has 2 rings (SSSR count). The first-order valence-corrected chi connectivity index (χ1v) is 7.42. The van der Waals surface area contributed by atoms with Gasteiger partial charge in [0.1, 0.15) is 0 Å². The standard InChI is InChI=1S/C13H17ClN2O3S/c1-12(2,3)13(19-11(15)18)6-7-16(10(13)17)9-5-4-8(14)20-9/h4-5H,6-7H2,1-3H3,(H2,15,18). The number of carbonyl (C=O) groups is 2. The molecule has 5 nitrogen and oxygen atoms in total. The van der Waals surface area contributed by atoms with Crippen molar-refractivity contribution in [1.29, 1.82) is 0 Å². The van der Waals surface area contributed by atoms with Gasteiger partial charge >= 0.3 is 6.09 Å². The van der Waals surface area contributed by atoms with Gasteiger partial charge in [-0.05, 0) is 12.1 Å². The van der Waals surface area contributed by atoms with Gasteiger partial charge in [0.2, 0.25) is 0 Å². The summed E-state index contributed by atoms with van der Waals surface area (Å²) < 4.78 is 5.86. The third-order valence-electron chi connectivity index (χ3n) is 3.59. The van der Waals surface area contributed by atoms with Crippen molar-refractivity contribution in [1.82, 2.24) is 0 Å². The first kappa shape index (κ1) is 15.1. The van der Waals surface area contributed by atoms with Gasteiger partial charge in [-0.3, -0.25) is 4.79 Å². The van der Waals surface area contributed by atoms with Crippen LogP contribution in [0.3, 0.4) is 0 Å². The molecule has 0 saturated carbocycles. The summed E-state index contributed by atoms with van der Waals surface area (Å²) in [6, 6.07) is 3.52. The van der Waals surface area contributed by atoms with E-state index in [1.54, 1.807) is 17.0 Å². The zero-order chi connectivity index (χ0) is 15.1. The molecule has 110 valence electrons. The molecule has 0 spiro atoms. The van der Waals surface area contributed by atoms with Crippen LogP contribution < -0.4 is 10.6 Å². The molecule has 0 radical (unpaired) electrons. The molecule has 1 unspecified atom stereocenters. The number of hydrogen-bond acceptors (Lipinski definition) is 4. The predicted octanol–water partition coefficient (Wildman–Crippen LogP) is 3.02. The number of primary amides is 1. The van der Waals surface area contributed by atoms with Crippen LogP contribution in [0, 0.1) is 5.41 Å². The van der Waals surface area contributed by atoms with Gasteiger partial charge in [0.25, 0.3) is 5.91 Å². The quantitative estimate of drug-likeness (QED) is 0.911. The number of nitrogens with two attached hydrogens (primary N) is 1. The Hall–Kier alpha value is -1.27. The van der Waals surface area contributed by atoms with Crippen LogP contribution in [0.1, 0.15) is 27.2 Å². The molecule has 0 bridgehead atoms. The molecule has 0 aromatic carbocycles.